The molecule has 1 saturated carbocycles. The maximum Gasteiger partial charge on any atom is 0.193 e. The molecule has 0 spiro atoms. The first-order valence-corrected chi connectivity index (χ1v) is 6.41. The fourth-order valence-electron chi connectivity index (χ4n) is 2.37. The van der Waals surface area contributed by atoms with Gasteiger partial charge >= 0.3 is 0 Å². The molecule has 2 unspecified atom stereocenters. The number of guanidine groups is 1. The van der Waals surface area contributed by atoms with Crippen molar-refractivity contribution in [2.45, 2.75) is 38.6 Å². The fraction of sp³-hybridized carbons (Fsp3) is 0.500. The number of hydrogen-bond donors (Lipinski definition) is 2. The van der Waals surface area contributed by atoms with E-state index in [1.165, 1.54) is 25.7 Å². The largest absolute Gasteiger partial charge is 0.370 e. The van der Waals surface area contributed by atoms with Crippen LogP contribution in [0.15, 0.2) is 35.3 Å². The summed E-state index contributed by atoms with van der Waals surface area (Å²) in [6.45, 7) is 2.27. The summed E-state index contributed by atoms with van der Waals surface area (Å²) in [5.41, 5.74) is 6.94. The summed E-state index contributed by atoms with van der Waals surface area (Å²) < 4.78 is 0. The molecule has 0 bridgehead atoms. The molecule has 0 aromatic heterocycles. The lowest BCUT2D eigenvalue weighted by molar-refractivity contribution is 0.333. The number of nitrogens with zero attached hydrogens (tertiary/aromatic N) is 1. The number of nitrogens with two attached hydrogens (primary N) is 1. The summed E-state index contributed by atoms with van der Waals surface area (Å²) in [6.07, 6.45) is 5.04. The highest BCUT2D eigenvalue weighted by atomic mass is 15.1. The Kier molecular flexibility index (Phi) is 4.02. The number of nitrogens with one attached hydrogen (secondary N) is 1. The molecular formula is C14H21N3. The molecule has 17 heavy (non-hydrogen) atoms. The number of hydrogen-bond acceptors (Lipinski definition) is 1. The molecule has 0 aliphatic heterocycles. The molecule has 1 aliphatic carbocycles. The molecule has 3 heteroatoms. The van der Waals surface area contributed by atoms with Crippen molar-refractivity contribution >= 4 is 11.6 Å². The van der Waals surface area contributed by atoms with Crippen LogP contribution in [0, 0.1) is 5.92 Å². The molecule has 0 radical (unpaired) electrons. The molecule has 3 N–H and O–H groups in total. The number of anilines is 1. The van der Waals surface area contributed by atoms with E-state index in [9.17, 15) is 0 Å². The van der Waals surface area contributed by atoms with E-state index < -0.39 is 0 Å². The van der Waals surface area contributed by atoms with E-state index >= 15 is 0 Å². The summed E-state index contributed by atoms with van der Waals surface area (Å²) in [5, 5.41) is 3.14. The van der Waals surface area contributed by atoms with E-state index in [1.54, 1.807) is 0 Å². The molecule has 0 amide bonds. The van der Waals surface area contributed by atoms with Gasteiger partial charge in [-0.25, -0.2) is 4.99 Å². The van der Waals surface area contributed by atoms with Crippen molar-refractivity contribution in [1.82, 2.24) is 0 Å². The number of rotatable bonds is 2. The Labute approximate surface area is 103 Å². The van der Waals surface area contributed by atoms with E-state index in [-0.39, 0.29) is 0 Å². The third-order valence-electron chi connectivity index (χ3n) is 3.42. The van der Waals surface area contributed by atoms with Crippen molar-refractivity contribution in [3.05, 3.63) is 30.3 Å². The maximum absolute atomic E-state index is 5.94. The first-order valence-electron chi connectivity index (χ1n) is 6.41. The van der Waals surface area contributed by atoms with Gasteiger partial charge in [-0.05, 0) is 30.9 Å². The Morgan fingerprint density at radius 1 is 1.24 bits per heavy atom. The second-order valence-corrected chi connectivity index (χ2v) is 4.83. The van der Waals surface area contributed by atoms with Gasteiger partial charge in [0, 0.05) is 5.69 Å². The molecule has 1 aliphatic rings. The minimum atomic E-state index is 0.389. The van der Waals surface area contributed by atoms with Crippen LogP contribution in [0.2, 0.25) is 0 Å². The Bertz CT molecular complexity index is 372. The van der Waals surface area contributed by atoms with Crippen molar-refractivity contribution < 1.29 is 0 Å². The Hall–Kier alpha value is -1.51. The van der Waals surface area contributed by atoms with Gasteiger partial charge in [-0.3, -0.25) is 0 Å². The highest BCUT2D eigenvalue weighted by Crippen LogP contribution is 2.26. The predicted molar refractivity (Wildman–Crippen MR) is 73.1 cm³/mol. The van der Waals surface area contributed by atoms with Crippen molar-refractivity contribution in [2.24, 2.45) is 16.6 Å². The van der Waals surface area contributed by atoms with Gasteiger partial charge in [0.25, 0.3) is 0 Å². The molecule has 0 heterocycles. The SMILES string of the molecule is CC1CCCCC1N=C(N)Nc1ccccc1. The van der Waals surface area contributed by atoms with Gasteiger partial charge in [0.05, 0.1) is 6.04 Å². The van der Waals surface area contributed by atoms with E-state index in [4.69, 9.17) is 5.73 Å². The average molecular weight is 231 g/mol. The topological polar surface area (TPSA) is 50.4 Å². The quantitative estimate of drug-likeness (QED) is 0.607. The first kappa shape index (κ1) is 12.0. The summed E-state index contributed by atoms with van der Waals surface area (Å²) in [7, 11) is 0. The van der Waals surface area contributed by atoms with E-state index in [1.807, 2.05) is 30.3 Å². The number of aliphatic imine (C=N–C) groups is 1. The third kappa shape index (κ3) is 3.48. The summed E-state index contributed by atoms with van der Waals surface area (Å²) in [5.74, 6) is 1.19. The van der Waals surface area contributed by atoms with Crippen molar-refractivity contribution in [2.75, 3.05) is 5.32 Å². The fourth-order valence-corrected chi connectivity index (χ4v) is 2.37. The van der Waals surface area contributed by atoms with Crippen LogP contribution in [0.25, 0.3) is 0 Å². The number of benzene rings is 1. The van der Waals surface area contributed by atoms with Crippen LogP contribution in [0.5, 0.6) is 0 Å². The second kappa shape index (κ2) is 5.71. The molecule has 2 atom stereocenters. The van der Waals surface area contributed by atoms with Crippen LogP contribution < -0.4 is 11.1 Å². The standard InChI is InChI=1S/C14H21N3/c1-11-7-5-6-10-13(11)17-14(15)16-12-8-3-2-4-9-12/h2-4,8-9,11,13H,5-7,10H2,1H3,(H3,15,16,17). The molecule has 2 rings (SSSR count). The predicted octanol–water partition coefficient (Wildman–Crippen LogP) is 2.99. The molecular weight excluding hydrogens is 210 g/mol. The zero-order chi connectivity index (χ0) is 12.1. The Morgan fingerprint density at radius 3 is 2.65 bits per heavy atom. The van der Waals surface area contributed by atoms with Crippen LogP contribution in [0.4, 0.5) is 5.69 Å². The van der Waals surface area contributed by atoms with Gasteiger partial charge in [-0.2, -0.15) is 0 Å². The first-order chi connectivity index (χ1) is 8.25. The number of para-hydroxylation sites is 1. The average Bonchev–Trinajstić information content (AvgIpc) is 2.33. The van der Waals surface area contributed by atoms with E-state index in [2.05, 4.69) is 17.2 Å². The van der Waals surface area contributed by atoms with Crippen LogP contribution in [0.1, 0.15) is 32.6 Å². The lowest BCUT2D eigenvalue weighted by Gasteiger charge is -2.25. The zero-order valence-electron chi connectivity index (χ0n) is 10.4. The van der Waals surface area contributed by atoms with Gasteiger partial charge in [-0.1, -0.05) is 38.0 Å². The summed E-state index contributed by atoms with van der Waals surface area (Å²) in [4.78, 5) is 4.60. The maximum atomic E-state index is 5.94. The normalized spacial score (nSPS) is 25.6. The van der Waals surface area contributed by atoms with Gasteiger partial charge < -0.3 is 11.1 Å². The van der Waals surface area contributed by atoms with E-state index in [0.29, 0.717) is 17.9 Å². The summed E-state index contributed by atoms with van der Waals surface area (Å²) in [6, 6.07) is 10.3. The van der Waals surface area contributed by atoms with Crippen LogP contribution in [-0.4, -0.2) is 12.0 Å². The molecule has 1 aromatic rings. The van der Waals surface area contributed by atoms with E-state index in [0.717, 1.165) is 5.69 Å². The highest BCUT2D eigenvalue weighted by Gasteiger charge is 2.20. The second-order valence-electron chi connectivity index (χ2n) is 4.83. The van der Waals surface area contributed by atoms with Crippen molar-refractivity contribution in [1.29, 1.82) is 0 Å². The molecule has 1 aromatic carbocycles. The Morgan fingerprint density at radius 2 is 1.94 bits per heavy atom. The summed E-state index contributed by atoms with van der Waals surface area (Å²) >= 11 is 0. The molecule has 1 fully saturated rings. The van der Waals surface area contributed by atoms with Crippen molar-refractivity contribution in [3.63, 3.8) is 0 Å². The van der Waals surface area contributed by atoms with Crippen LogP contribution >= 0.6 is 0 Å². The Balaban J connectivity index is 1.96. The third-order valence-corrected chi connectivity index (χ3v) is 3.42. The van der Waals surface area contributed by atoms with Gasteiger partial charge in [-0.15, -0.1) is 0 Å². The molecule has 3 nitrogen and oxygen atoms in total. The van der Waals surface area contributed by atoms with Crippen LogP contribution in [0.3, 0.4) is 0 Å². The molecule has 92 valence electrons. The minimum Gasteiger partial charge on any atom is -0.370 e. The lowest BCUT2D eigenvalue weighted by Crippen LogP contribution is -2.29. The van der Waals surface area contributed by atoms with Gasteiger partial charge in [0.2, 0.25) is 0 Å². The van der Waals surface area contributed by atoms with Gasteiger partial charge in [0.1, 0.15) is 0 Å². The van der Waals surface area contributed by atoms with Gasteiger partial charge in [0.15, 0.2) is 5.96 Å². The van der Waals surface area contributed by atoms with Crippen molar-refractivity contribution in [3.8, 4) is 0 Å². The van der Waals surface area contributed by atoms with Crippen LogP contribution in [-0.2, 0) is 0 Å². The molecule has 0 saturated heterocycles. The lowest BCUT2D eigenvalue weighted by atomic mass is 9.86. The highest BCUT2D eigenvalue weighted by molar-refractivity contribution is 5.92. The smallest absolute Gasteiger partial charge is 0.193 e. The zero-order valence-corrected chi connectivity index (χ0v) is 10.4. The monoisotopic (exact) mass is 231 g/mol. The minimum absolute atomic E-state index is 0.389.